The molecule has 0 spiro atoms. The second kappa shape index (κ2) is 5.69. The Morgan fingerprint density at radius 3 is 2.12 bits per heavy atom. The lowest BCUT2D eigenvalue weighted by Gasteiger charge is -2.08. The van der Waals surface area contributed by atoms with E-state index < -0.39 is 4.92 Å². The number of nitro groups is 1. The van der Waals surface area contributed by atoms with Gasteiger partial charge in [-0.05, 0) is 16.7 Å². The molecule has 0 amide bonds. The zero-order valence-electron chi connectivity index (χ0n) is 8.24. The standard InChI is InChI=1S/C10H8Cl2N2O2/c11-5-7-3-9(14(15)16)4-8(6-12)10(7)1-2-13/h3-4H,1,5-6H2. The average molecular weight is 259 g/mol. The number of nitrogens with zero attached hydrogens (tertiary/aromatic N) is 2. The Hall–Kier alpha value is -1.31. The van der Waals surface area contributed by atoms with Crippen LogP contribution in [0.1, 0.15) is 16.7 Å². The Morgan fingerprint density at radius 2 is 1.81 bits per heavy atom. The molecule has 0 unspecified atom stereocenters. The first-order valence-corrected chi connectivity index (χ1v) is 5.48. The van der Waals surface area contributed by atoms with Gasteiger partial charge >= 0.3 is 0 Å². The number of nitriles is 1. The molecule has 0 saturated carbocycles. The predicted octanol–water partition coefficient (Wildman–Crippen LogP) is 3.14. The molecule has 6 heteroatoms. The van der Waals surface area contributed by atoms with E-state index in [1.54, 1.807) is 0 Å². The van der Waals surface area contributed by atoms with Gasteiger partial charge in [0.2, 0.25) is 0 Å². The number of rotatable bonds is 4. The van der Waals surface area contributed by atoms with Crippen LogP contribution in [0.4, 0.5) is 5.69 Å². The number of hydrogen-bond donors (Lipinski definition) is 0. The Morgan fingerprint density at radius 1 is 1.31 bits per heavy atom. The number of nitro benzene ring substituents is 1. The monoisotopic (exact) mass is 258 g/mol. The summed E-state index contributed by atoms with van der Waals surface area (Å²) in [4.78, 5) is 10.2. The van der Waals surface area contributed by atoms with Crippen LogP contribution >= 0.6 is 23.2 Å². The maximum atomic E-state index is 10.7. The van der Waals surface area contributed by atoms with E-state index in [9.17, 15) is 10.1 Å². The highest BCUT2D eigenvalue weighted by Crippen LogP contribution is 2.25. The van der Waals surface area contributed by atoms with E-state index in [4.69, 9.17) is 28.5 Å². The predicted molar refractivity (Wildman–Crippen MR) is 61.5 cm³/mol. The van der Waals surface area contributed by atoms with Crippen LogP contribution in [0.3, 0.4) is 0 Å². The summed E-state index contributed by atoms with van der Waals surface area (Å²) in [6.45, 7) is 0. The van der Waals surface area contributed by atoms with E-state index in [0.29, 0.717) is 16.7 Å². The third-order valence-corrected chi connectivity index (χ3v) is 2.75. The third-order valence-electron chi connectivity index (χ3n) is 2.17. The van der Waals surface area contributed by atoms with Crippen molar-refractivity contribution in [3.63, 3.8) is 0 Å². The van der Waals surface area contributed by atoms with Gasteiger partial charge in [-0.25, -0.2) is 0 Å². The molecule has 0 aliphatic heterocycles. The van der Waals surface area contributed by atoms with Crippen LogP contribution in [0.25, 0.3) is 0 Å². The van der Waals surface area contributed by atoms with E-state index in [-0.39, 0.29) is 23.9 Å². The average Bonchev–Trinajstić information content (AvgIpc) is 2.29. The molecule has 0 fully saturated rings. The first kappa shape index (κ1) is 12.8. The van der Waals surface area contributed by atoms with Crippen LogP contribution in [0, 0.1) is 21.4 Å². The zero-order chi connectivity index (χ0) is 12.1. The van der Waals surface area contributed by atoms with E-state index >= 15 is 0 Å². The van der Waals surface area contributed by atoms with Crippen molar-refractivity contribution in [2.45, 2.75) is 18.2 Å². The SMILES string of the molecule is N#CCc1c(CCl)cc([N+](=O)[O-])cc1CCl. The van der Waals surface area contributed by atoms with E-state index in [0.717, 1.165) is 0 Å². The lowest BCUT2D eigenvalue weighted by atomic mass is 9.99. The summed E-state index contributed by atoms with van der Waals surface area (Å²) in [6, 6.07) is 4.76. The molecule has 0 N–H and O–H groups in total. The maximum Gasteiger partial charge on any atom is 0.270 e. The Kier molecular flexibility index (Phi) is 4.53. The number of halogens is 2. The first-order valence-electron chi connectivity index (χ1n) is 4.42. The largest absolute Gasteiger partial charge is 0.270 e. The van der Waals surface area contributed by atoms with Crippen molar-refractivity contribution in [2.75, 3.05) is 0 Å². The molecule has 1 rings (SSSR count). The van der Waals surface area contributed by atoms with Crippen molar-refractivity contribution in [3.8, 4) is 6.07 Å². The van der Waals surface area contributed by atoms with Gasteiger partial charge in [0.15, 0.2) is 0 Å². The van der Waals surface area contributed by atoms with Gasteiger partial charge in [-0.15, -0.1) is 23.2 Å². The van der Waals surface area contributed by atoms with Gasteiger partial charge in [0.05, 0.1) is 17.4 Å². The van der Waals surface area contributed by atoms with Gasteiger partial charge in [-0.2, -0.15) is 5.26 Å². The summed E-state index contributed by atoms with van der Waals surface area (Å²) in [5.41, 5.74) is 1.83. The lowest BCUT2D eigenvalue weighted by molar-refractivity contribution is -0.385. The molecule has 0 aliphatic rings. The van der Waals surface area contributed by atoms with Crippen molar-refractivity contribution in [1.29, 1.82) is 5.26 Å². The number of alkyl halides is 2. The minimum absolute atomic E-state index is 0.0482. The molecule has 0 saturated heterocycles. The highest BCUT2D eigenvalue weighted by molar-refractivity contribution is 6.18. The lowest BCUT2D eigenvalue weighted by Crippen LogP contribution is -2.00. The summed E-state index contributed by atoms with van der Waals surface area (Å²) in [7, 11) is 0. The van der Waals surface area contributed by atoms with Gasteiger partial charge in [0.1, 0.15) is 0 Å². The molecule has 1 aromatic rings. The summed E-state index contributed by atoms with van der Waals surface area (Å²) >= 11 is 11.4. The van der Waals surface area contributed by atoms with Crippen molar-refractivity contribution in [2.24, 2.45) is 0 Å². The highest BCUT2D eigenvalue weighted by atomic mass is 35.5. The second-order valence-electron chi connectivity index (χ2n) is 3.10. The molecule has 84 valence electrons. The van der Waals surface area contributed by atoms with Crippen molar-refractivity contribution in [1.82, 2.24) is 0 Å². The van der Waals surface area contributed by atoms with Crippen LogP contribution in [0.5, 0.6) is 0 Å². The van der Waals surface area contributed by atoms with Gasteiger partial charge in [-0.3, -0.25) is 10.1 Å². The fourth-order valence-electron chi connectivity index (χ4n) is 1.43. The van der Waals surface area contributed by atoms with Gasteiger partial charge in [0.25, 0.3) is 5.69 Å². The Bertz CT molecular complexity index is 430. The maximum absolute atomic E-state index is 10.7. The van der Waals surface area contributed by atoms with Crippen LogP contribution in [0.2, 0.25) is 0 Å². The van der Waals surface area contributed by atoms with Crippen LogP contribution < -0.4 is 0 Å². The summed E-state index contributed by atoms with van der Waals surface area (Å²) in [5, 5.41) is 19.3. The Balaban J connectivity index is 3.37. The summed E-state index contributed by atoms with van der Waals surface area (Å²) in [5.74, 6) is 0.255. The normalized spacial score (nSPS) is 9.81. The number of non-ortho nitro benzene ring substituents is 1. The second-order valence-corrected chi connectivity index (χ2v) is 3.64. The van der Waals surface area contributed by atoms with E-state index in [2.05, 4.69) is 0 Å². The van der Waals surface area contributed by atoms with Crippen LogP contribution in [0.15, 0.2) is 12.1 Å². The zero-order valence-corrected chi connectivity index (χ0v) is 9.75. The molecule has 16 heavy (non-hydrogen) atoms. The van der Waals surface area contributed by atoms with Gasteiger partial charge in [-0.1, -0.05) is 0 Å². The van der Waals surface area contributed by atoms with Gasteiger partial charge in [0, 0.05) is 23.9 Å². The van der Waals surface area contributed by atoms with Crippen molar-refractivity contribution < 1.29 is 4.92 Å². The molecular formula is C10H8Cl2N2O2. The minimum atomic E-state index is -0.498. The summed E-state index contributed by atoms with van der Waals surface area (Å²) < 4.78 is 0. The molecule has 0 aromatic heterocycles. The molecule has 0 radical (unpaired) electrons. The fourth-order valence-corrected chi connectivity index (χ4v) is 1.91. The number of hydrogen-bond acceptors (Lipinski definition) is 3. The van der Waals surface area contributed by atoms with E-state index in [1.807, 2.05) is 6.07 Å². The molecule has 0 aliphatic carbocycles. The molecule has 0 atom stereocenters. The van der Waals surface area contributed by atoms with E-state index in [1.165, 1.54) is 12.1 Å². The first-order chi connectivity index (χ1) is 7.63. The molecular weight excluding hydrogens is 251 g/mol. The van der Waals surface area contributed by atoms with Gasteiger partial charge < -0.3 is 0 Å². The summed E-state index contributed by atoms with van der Waals surface area (Å²) in [6.07, 6.45) is 0.155. The molecule has 0 bridgehead atoms. The number of benzene rings is 1. The minimum Gasteiger partial charge on any atom is -0.258 e. The fraction of sp³-hybridized carbons (Fsp3) is 0.300. The van der Waals surface area contributed by atoms with Crippen molar-refractivity contribution >= 4 is 28.9 Å². The Labute approximate surface area is 103 Å². The molecule has 0 heterocycles. The quantitative estimate of drug-likeness (QED) is 0.474. The third kappa shape index (κ3) is 2.63. The van der Waals surface area contributed by atoms with Crippen molar-refractivity contribution in [3.05, 3.63) is 38.9 Å². The molecule has 4 nitrogen and oxygen atoms in total. The highest BCUT2D eigenvalue weighted by Gasteiger charge is 2.15. The molecule has 1 aromatic carbocycles. The van der Waals surface area contributed by atoms with Crippen LogP contribution in [-0.4, -0.2) is 4.92 Å². The topological polar surface area (TPSA) is 66.9 Å². The van der Waals surface area contributed by atoms with Crippen LogP contribution in [-0.2, 0) is 18.2 Å². The smallest absolute Gasteiger partial charge is 0.258 e.